The zero-order valence-corrected chi connectivity index (χ0v) is 14.7. The van der Waals surface area contributed by atoms with E-state index in [4.69, 9.17) is 9.26 Å². The summed E-state index contributed by atoms with van der Waals surface area (Å²) in [5.41, 5.74) is 1.88. The molecule has 0 bridgehead atoms. The Kier molecular flexibility index (Phi) is 4.53. The second kappa shape index (κ2) is 7.29. The minimum atomic E-state index is -0.359. The van der Waals surface area contributed by atoms with E-state index in [0.717, 1.165) is 21.9 Å². The molecule has 0 unspecified atom stereocenters. The lowest BCUT2D eigenvalue weighted by atomic mass is 10.0. The summed E-state index contributed by atoms with van der Waals surface area (Å²) < 4.78 is 10.8. The minimum absolute atomic E-state index is 0.107. The normalized spacial score (nSPS) is 10.7. The monoisotopic (exact) mass is 359 g/mol. The fraction of sp³-hybridized carbons (Fsp3) is 0.0952. The first-order chi connectivity index (χ1) is 13.2. The second-order valence-electron chi connectivity index (χ2n) is 6.10. The highest BCUT2D eigenvalue weighted by Crippen LogP contribution is 2.27. The van der Waals surface area contributed by atoms with Gasteiger partial charge in [0, 0.05) is 5.56 Å². The molecule has 1 N–H and O–H groups in total. The Hall–Kier alpha value is -3.67. The van der Waals surface area contributed by atoms with E-state index in [9.17, 15) is 4.79 Å². The average molecular weight is 359 g/mol. The summed E-state index contributed by atoms with van der Waals surface area (Å²) in [5.74, 6) is 0.731. The van der Waals surface area contributed by atoms with Gasteiger partial charge in [-0.1, -0.05) is 48.5 Å². The van der Waals surface area contributed by atoms with Crippen LogP contribution < -0.4 is 10.1 Å². The Bertz CT molecular complexity index is 1100. The van der Waals surface area contributed by atoms with Crippen molar-refractivity contribution in [1.29, 1.82) is 0 Å². The molecular weight excluding hydrogens is 342 g/mol. The third kappa shape index (κ3) is 3.79. The summed E-state index contributed by atoms with van der Waals surface area (Å²) in [6, 6.07) is 21.3. The number of aromatic nitrogens is 2. The zero-order chi connectivity index (χ0) is 18.6. The van der Waals surface area contributed by atoms with Crippen molar-refractivity contribution in [3.05, 3.63) is 72.3 Å². The lowest BCUT2D eigenvalue weighted by Crippen LogP contribution is -2.20. The highest BCUT2D eigenvalue weighted by Gasteiger charge is 2.14. The van der Waals surface area contributed by atoms with E-state index in [1.807, 2.05) is 67.6 Å². The molecule has 6 nitrogen and oxygen atoms in total. The first-order valence-electron chi connectivity index (χ1n) is 8.50. The van der Waals surface area contributed by atoms with Crippen LogP contribution in [0, 0.1) is 6.92 Å². The molecule has 6 heteroatoms. The van der Waals surface area contributed by atoms with Gasteiger partial charge in [-0.05, 0) is 46.6 Å². The third-order valence-electron chi connectivity index (χ3n) is 4.06. The molecule has 4 rings (SSSR count). The van der Waals surface area contributed by atoms with E-state index in [1.165, 1.54) is 0 Å². The molecule has 0 saturated carbocycles. The summed E-state index contributed by atoms with van der Waals surface area (Å²) in [6.07, 6.45) is 0. The van der Waals surface area contributed by atoms with Gasteiger partial charge >= 0.3 is 0 Å². The van der Waals surface area contributed by atoms with Crippen LogP contribution in [0.5, 0.6) is 5.75 Å². The smallest absolute Gasteiger partial charge is 0.270 e. The van der Waals surface area contributed by atoms with Gasteiger partial charge in [-0.15, -0.1) is 0 Å². The molecule has 134 valence electrons. The Labute approximate surface area is 155 Å². The SMILES string of the molecule is Cc1cccc(OCC(=O)Nc2noc(-c3cccc4ccccc34)n2)c1. The molecule has 4 aromatic rings. The van der Waals surface area contributed by atoms with Gasteiger partial charge in [0.15, 0.2) is 6.61 Å². The quantitative estimate of drug-likeness (QED) is 0.577. The molecule has 0 atom stereocenters. The fourth-order valence-electron chi connectivity index (χ4n) is 2.81. The van der Waals surface area contributed by atoms with E-state index in [2.05, 4.69) is 15.5 Å². The van der Waals surface area contributed by atoms with E-state index in [-0.39, 0.29) is 18.5 Å². The van der Waals surface area contributed by atoms with Crippen molar-refractivity contribution in [3.63, 3.8) is 0 Å². The molecule has 1 aromatic heterocycles. The van der Waals surface area contributed by atoms with Crippen LogP contribution in [-0.4, -0.2) is 22.7 Å². The summed E-state index contributed by atoms with van der Waals surface area (Å²) in [6.45, 7) is 1.82. The Morgan fingerprint density at radius 3 is 2.78 bits per heavy atom. The van der Waals surface area contributed by atoms with Crippen LogP contribution in [0.25, 0.3) is 22.2 Å². The van der Waals surface area contributed by atoms with E-state index >= 15 is 0 Å². The van der Waals surface area contributed by atoms with Crippen LogP contribution >= 0.6 is 0 Å². The molecule has 3 aromatic carbocycles. The number of rotatable bonds is 5. The van der Waals surface area contributed by atoms with Gasteiger partial charge in [-0.25, -0.2) is 0 Å². The van der Waals surface area contributed by atoms with Gasteiger partial charge in [0.05, 0.1) is 0 Å². The average Bonchev–Trinajstić information content (AvgIpc) is 3.14. The molecule has 0 aliphatic heterocycles. The van der Waals surface area contributed by atoms with Crippen molar-refractivity contribution >= 4 is 22.6 Å². The summed E-state index contributed by atoms with van der Waals surface area (Å²) in [7, 11) is 0. The lowest BCUT2D eigenvalue weighted by Gasteiger charge is -2.05. The predicted octanol–water partition coefficient (Wildman–Crippen LogP) is 4.22. The van der Waals surface area contributed by atoms with Crippen LogP contribution in [0.15, 0.2) is 71.3 Å². The van der Waals surface area contributed by atoms with Crippen molar-refractivity contribution in [2.75, 3.05) is 11.9 Å². The van der Waals surface area contributed by atoms with E-state index < -0.39 is 0 Å². The first kappa shape index (κ1) is 16.8. The van der Waals surface area contributed by atoms with E-state index in [0.29, 0.717) is 11.6 Å². The molecule has 1 heterocycles. The number of aryl methyl sites for hydroxylation is 1. The van der Waals surface area contributed by atoms with Gasteiger partial charge in [0.25, 0.3) is 17.7 Å². The number of carbonyl (C=O) groups excluding carboxylic acids is 1. The number of anilines is 1. The predicted molar refractivity (Wildman–Crippen MR) is 103 cm³/mol. The van der Waals surface area contributed by atoms with Gasteiger partial charge < -0.3 is 9.26 Å². The topological polar surface area (TPSA) is 77.2 Å². The van der Waals surface area contributed by atoms with Crippen LogP contribution in [0.1, 0.15) is 5.56 Å². The Morgan fingerprint density at radius 2 is 1.89 bits per heavy atom. The van der Waals surface area contributed by atoms with Crippen molar-refractivity contribution < 1.29 is 14.1 Å². The number of amides is 1. The van der Waals surface area contributed by atoms with Gasteiger partial charge in [0.1, 0.15) is 5.75 Å². The van der Waals surface area contributed by atoms with Crippen LogP contribution in [-0.2, 0) is 4.79 Å². The molecule has 0 radical (unpaired) electrons. The second-order valence-corrected chi connectivity index (χ2v) is 6.10. The maximum atomic E-state index is 12.1. The number of hydrogen-bond acceptors (Lipinski definition) is 5. The largest absolute Gasteiger partial charge is 0.484 e. The molecule has 0 saturated heterocycles. The van der Waals surface area contributed by atoms with Crippen molar-refractivity contribution in [3.8, 4) is 17.2 Å². The van der Waals surface area contributed by atoms with E-state index in [1.54, 1.807) is 6.07 Å². The van der Waals surface area contributed by atoms with Gasteiger partial charge in [-0.3, -0.25) is 10.1 Å². The number of carbonyl (C=O) groups is 1. The molecule has 0 fully saturated rings. The minimum Gasteiger partial charge on any atom is -0.484 e. The molecule has 1 amide bonds. The zero-order valence-electron chi connectivity index (χ0n) is 14.7. The highest BCUT2D eigenvalue weighted by molar-refractivity contribution is 5.95. The van der Waals surface area contributed by atoms with Crippen LogP contribution in [0.4, 0.5) is 5.95 Å². The van der Waals surface area contributed by atoms with Gasteiger partial charge in [0.2, 0.25) is 0 Å². The van der Waals surface area contributed by atoms with Crippen molar-refractivity contribution in [2.45, 2.75) is 6.92 Å². The maximum absolute atomic E-state index is 12.1. The molecule has 0 spiro atoms. The standard InChI is InChI=1S/C21H17N3O3/c1-14-6-4-9-16(12-14)26-13-19(25)22-21-23-20(27-24-21)18-11-5-8-15-7-2-3-10-17(15)18/h2-12H,13H2,1H3,(H,22,24,25). The molecular formula is C21H17N3O3. The van der Waals surface area contributed by atoms with Crippen molar-refractivity contribution in [1.82, 2.24) is 10.1 Å². The summed E-state index contributed by atoms with van der Waals surface area (Å²) >= 11 is 0. The number of ether oxygens (including phenoxy) is 1. The number of nitrogens with one attached hydrogen (secondary N) is 1. The molecule has 27 heavy (non-hydrogen) atoms. The third-order valence-corrected chi connectivity index (χ3v) is 4.06. The number of benzene rings is 3. The van der Waals surface area contributed by atoms with Crippen LogP contribution in [0.2, 0.25) is 0 Å². The van der Waals surface area contributed by atoms with Gasteiger partial charge in [-0.2, -0.15) is 4.98 Å². The fourth-order valence-corrected chi connectivity index (χ4v) is 2.81. The molecule has 0 aliphatic rings. The Morgan fingerprint density at radius 1 is 1.07 bits per heavy atom. The Balaban J connectivity index is 1.45. The summed E-state index contributed by atoms with van der Waals surface area (Å²) in [4.78, 5) is 16.3. The van der Waals surface area contributed by atoms with Crippen molar-refractivity contribution in [2.24, 2.45) is 0 Å². The number of nitrogens with zero attached hydrogens (tertiary/aromatic N) is 2. The molecule has 0 aliphatic carbocycles. The number of hydrogen-bond donors (Lipinski definition) is 1. The lowest BCUT2D eigenvalue weighted by molar-refractivity contribution is -0.118. The van der Waals surface area contributed by atoms with Crippen LogP contribution in [0.3, 0.4) is 0 Å². The maximum Gasteiger partial charge on any atom is 0.270 e. The first-order valence-corrected chi connectivity index (χ1v) is 8.50. The number of fused-ring (bicyclic) bond motifs is 1. The highest BCUT2D eigenvalue weighted by atomic mass is 16.5. The summed E-state index contributed by atoms with van der Waals surface area (Å²) in [5, 5.41) is 8.50.